The zero-order valence-corrected chi connectivity index (χ0v) is 10.8. The van der Waals surface area contributed by atoms with E-state index < -0.39 is 33.4 Å². The summed E-state index contributed by atoms with van der Waals surface area (Å²) < 4.78 is 50.3. The molecule has 0 aromatic heterocycles. The highest BCUT2D eigenvalue weighted by atomic mass is 35.5. The minimum atomic E-state index is -3.64. The predicted molar refractivity (Wildman–Crippen MR) is 64.7 cm³/mol. The van der Waals surface area contributed by atoms with Crippen LogP contribution < -0.4 is 10.5 Å². The summed E-state index contributed by atoms with van der Waals surface area (Å²) in [5, 5.41) is 0. The van der Waals surface area contributed by atoms with E-state index in [0.29, 0.717) is 0 Å². The lowest BCUT2D eigenvalue weighted by molar-refractivity contribution is 0.573. The summed E-state index contributed by atoms with van der Waals surface area (Å²) in [5.74, 6) is -1.61. The predicted octanol–water partition coefficient (Wildman–Crippen LogP) is 1.78. The second-order valence-electron chi connectivity index (χ2n) is 3.52. The number of nitrogens with one attached hydrogen (secondary N) is 1. The summed E-state index contributed by atoms with van der Waals surface area (Å²) in [6.07, 6.45) is 0.851. The fraction of sp³-hybridized carbons (Fsp3) is 0.333. The maximum absolute atomic E-state index is 13.4. The largest absolute Gasteiger partial charge is 0.324 e. The molecule has 8 heteroatoms. The second-order valence-corrected chi connectivity index (χ2v) is 5.26. The lowest BCUT2D eigenvalue weighted by Gasteiger charge is -2.11. The molecule has 1 rings (SSSR count). The van der Waals surface area contributed by atoms with Gasteiger partial charge in [0.1, 0.15) is 11.6 Å². The molecule has 4 nitrogen and oxygen atoms in total. The molecule has 1 aromatic carbocycles. The van der Waals surface area contributed by atoms with E-state index in [9.17, 15) is 17.2 Å². The Hall–Kier alpha value is -0.920. The molecule has 0 heterocycles. The summed E-state index contributed by atoms with van der Waals surface area (Å²) in [6.45, 7) is 1.50. The number of hydrogen-bond acceptors (Lipinski definition) is 3. The maximum atomic E-state index is 13.4. The zero-order chi connectivity index (χ0) is 12.5. The third kappa shape index (κ3) is 4.45. The minimum absolute atomic E-state index is 0. The van der Waals surface area contributed by atoms with Gasteiger partial charge in [-0.2, -0.15) is 0 Å². The van der Waals surface area contributed by atoms with E-state index >= 15 is 0 Å². The molecule has 0 spiro atoms. The van der Waals surface area contributed by atoms with Gasteiger partial charge in [-0.15, -0.1) is 12.4 Å². The highest BCUT2D eigenvalue weighted by Gasteiger charge is 2.14. The number of halogens is 3. The topological polar surface area (TPSA) is 72.2 Å². The van der Waals surface area contributed by atoms with Gasteiger partial charge in [0.15, 0.2) is 0 Å². The van der Waals surface area contributed by atoms with Gasteiger partial charge in [-0.05, 0) is 13.0 Å². The van der Waals surface area contributed by atoms with Gasteiger partial charge >= 0.3 is 0 Å². The van der Waals surface area contributed by atoms with Crippen molar-refractivity contribution in [3.8, 4) is 0 Å². The zero-order valence-electron chi connectivity index (χ0n) is 9.20. The Morgan fingerprint density at radius 1 is 1.29 bits per heavy atom. The Bertz CT molecular complexity index is 506. The van der Waals surface area contributed by atoms with Gasteiger partial charge in [0.25, 0.3) is 0 Å². The van der Waals surface area contributed by atoms with Crippen LogP contribution in [0.5, 0.6) is 0 Å². The minimum Gasteiger partial charge on any atom is -0.324 e. The van der Waals surface area contributed by atoms with Crippen molar-refractivity contribution in [3.63, 3.8) is 0 Å². The molecule has 0 aliphatic carbocycles. The van der Waals surface area contributed by atoms with Crippen molar-refractivity contribution in [2.75, 3.05) is 11.0 Å². The molecular formula is C9H13ClF2N2O2S. The smallest absolute Gasteiger partial charge is 0.229 e. The molecule has 0 aliphatic rings. The molecule has 0 saturated carbocycles. The van der Waals surface area contributed by atoms with Crippen molar-refractivity contribution in [2.45, 2.75) is 13.0 Å². The number of hydrogen-bond donors (Lipinski definition) is 2. The average molecular weight is 287 g/mol. The number of benzene rings is 1. The third-order valence-electron chi connectivity index (χ3n) is 1.87. The highest BCUT2D eigenvalue weighted by molar-refractivity contribution is 7.92. The third-order valence-corrected chi connectivity index (χ3v) is 2.46. The van der Waals surface area contributed by atoms with Crippen LogP contribution in [0.25, 0.3) is 0 Å². The van der Waals surface area contributed by atoms with E-state index in [0.717, 1.165) is 18.4 Å². The van der Waals surface area contributed by atoms with Crippen LogP contribution in [0, 0.1) is 11.6 Å². The van der Waals surface area contributed by atoms with Crippen LogP contribution in [0.15, 0.2) is 12.1 Å². The van der Waals surface area contributed by atoms with Crippen LogP contribution in [0.1, 0.15) is 18.5 Å². The van der Waals surface area contributed by atoms with Crippen molar-refractivity contribution in [3.05, 3.63) is 29.3 Å². The summed E-state index contributed by atoms with van der Waals surface area (Å²) in [4.78, 5) is 0. The molecule has 0 fully saturated rings. The molecule has 0 saturated heterocycles. The number of nitrogens with two attached hydrogens (primary N) is 1. The summed E-state index contributed by atoms with van der Waals surface area (Å²) in [5.41, 5.74) is 4.99. The summed E-state index contributed by atoms with van der Waals surface area (Å²) >= 11 is 0. The van der Waals surface area contributed by atoms with Crippen LogP contribution in [-0.2, 0) is 10.0 Å². The standard InChI is InChI=1S/C9H12F2N2O2S.ClH/c1-5(12)6-3-8(11)9(4-7(6)10)13-16(2,14)15;/h3-5,13H,12H2,1-2H3;1H/t5-;/m1./s1. The van der Waals surface area contributed by atoms with Crippen molar-refractivity contribution >= 4 is 28.1 Å². The van der Waals surface area contributed by atoms with Crippen molar-refractivity contribution in [1.82, 2.24) is 0 Å². The first-order valence-corrected chi connectivity index (χ1v) is 6.32. The molecule has 0 bridgehead atoms. The lowest BCUT2D eigenvalue weighted by Crippen LogP contribution is -2.13. The van der Waals surface area contributed by atoms with E-state index in [-0.39, 0.29) is 18.0 Å². The van der Waals surface area contributed by atoms with Gasteiger partial charge in [0, 0.05) is 17.7 Å². The molecule has 1 atom stereocenters. The Kier molecular flexibility index (Phi) is 5.31. The van der Waals surface area contributed by atoms with Gasteiger partial charge < -0.3 is 5.73 Å². The number of anilines is 1. The monoisotopic (exact) mass is 286 g/mol. The normalized spacial score (nSPS) is 12.8. The molecule has 0 unspecified atom stereocenters. The quantitative estimate of drug-likeness (QED) is 0.889. The van der Waals surface area contributed by atoms with Crippen LogP contribution in [0.2, 0.25) is 0 Å². The van der Waals surface area contributed by atoms with Gasteiger partial charge in [-0.1, -0.05) is 0 Å². The van der Waals surface area contributed by atoms with Gasteiger partial charge in [-0.25, -0.2) is 17.2 Å². The van der Waals surface area contributed by atoms with Crippen LogP contribution in [-0.4, -0.2) is 14.7 Å². The van der Waals surface area contributed by atoms with Crippen molar-refractivity contribution in [1.29, 1.82) is 0 Å². The van der Waals surface area contributed by atoms with E-state index in [4.69, 9.17) is 5.73 Å². The van der Waals surface area contributed by atoms with Crippen molar-refractivity contribution < 1.29 is 17.2 Å². The molecule has 0 aliphatic heterocycles. The molecular weight excluding hydrogens is 274 g/mol. The molecule has 3 N–H and O–H groups in total. The van der Waals surface area contributed by atoms with E-state index in [1.165, 1.54) is 6.92 Å². The van der Waals surface area contributed by atoms with E-state index in [2.05, 4.69) is 0 Å². The SMILES string of the molecule is C[C@@H](N)c1cc(F)c(NS(C)(=O)=O)cc1F.Cl. The van der Waals surface area contributed by atoms with Gasteiger partial charge in [-0.3, -0.25) is 4.72 Å². The Labute approximate surface area is 105 Å². The Balaban J connectivity index is 0.00000256. The molecule has 17 heavy (non-hydrogen) atoms. The van der Waals surface area contributed by atoms with Crippen molar-refractivity contribution in [2.24, 2.45) is 5.73 Å². The van der Waals surface area contributed by atoms with Crippen LogP contribution >= 0.6 is 12.4 Å². The Morgan fingerprint density at radius 3 is 2.24 bits per heavy atom. The Morgan fingerprint density at radius 2 is 1.82 bits per heavy atom. The molecule has 0 radical (unpaired) electrons. The number of sulfonamides is 1. The molecule has 98 valence electrons. The fourth-order valence-electron chi connectivity index (χ4n) is 1.19. The first-order valence-electron chi connectivity index (χ1n) is 4.43. The first-order chi connectivity index (χ1) is 7.20. The second kappa shape index (κ2) is 5.61. The molecule has 0 amide bonds. The van der Waals surface area contributed by atoms with Gasteiger partial charge in [0.05, 0.1) is 11.9 Å². The maximum Gasteiger partial charge on any atom is 0.229 e. The van der Waals surface area contributed by atoms with Crippen LogP contribution in [0.3, 0.4) is 0 Å². The number of rotatable bonds is 3. The average Bonchev–Trinajstić information content (AvgIpc) is 2.07. The van der Waals surface area contributed by atoms with E-state index in [1.807, 2.05) is 4.72 Å². The highest BCUT2D eigenvalue weighted by Crippen LogP contribution is 2.23. The fourth-order valence-corrected chi connectivity index (χ4v) is 1.75. The summed E-state index contributed by atoms with van der Waals surface area (Å²) in [6, 6.07) is 0.990. The summed E-state index contributed by atoms with van der Waals surface area (Å²) in [7, 11) is -3.64. The molecule has 1 aromatic rings. The lowest BCUT2D eigenvalue weighted by atomic mass is 10.1. The van der Waals surface area contributed by atoms with E-state index in [1.54, 1.807) is 0 Å². The van der Waals surface area contributed by atoms with Crippen LogP contribution in [0.4, 0.5) is 14.5 Å². The van der Waals surface area contributed by atoms with Gasteiger partial charge in [0.2, 0.25) is 10.0 Å². The first kappa shape index (κ1) is 16.1.